The van der Waals surface area contributed by atoms with Crippen LogP contribution in [0.25, 0.3) is 111 Å². The first-order chi connectivity index (χ1) is 31.7. The lowest BCUT2D eigenvalue weighted by Gasteiger charge is -2.29. The number of rotatable bonds is 5. The highest BCUT2D eigenvalue weighted by Crippen LogP contribution is 2.46. The van der Waals surface area contributed by atoms with E-state index in [1.807, 2.05) is 0 Å². The lowest BCUT2D eigenvalue weighted by molar-refractivity contribution is 0.557. The number of para-hydroxylation sites is 3. The van der Waals surface area contributed by atoms with Crippen LogP contribution in [0.4, 0.5) is 0 Å². The zero-order valence-electron chi connectivity index (χ0n) is 36.0. The Labute approximate surface area is 373 Å². The minimum Gasteiger partial charge on any atom is -0.292 e. The Morgan fingerprint density at radius 3 is 1.73 bits per heavy atom. The number of imidazole rings is 1. The van der Waals surface area contributed by atoms with E-state index in [1.165, 1.54) is 111 Å². The Kier molecular flexibility index (Phi) is 8.56. The van der Waals surface area contributed by atoms with Crippen LogP contribution >= 0.6 is 0 Å². The predicted octanol–water partition coefficient (Wildman–Crippen LogP) is 15.1. The van der Waals surface area contributed by atoms with Crippen LogP contribution < -0.4 is 10.4 Å². The van der Waals surface area contributed by atoms with Crippen molar-refractivity contribution >= 4 is 71.8 Å². The fraction of sp³-hybridized carbons (Fsp3) is 0.113. The molecular formula is C62H46N2. The van der Waals surface area contributed by atoms with E-state index in [0.29, 0.717) is 5.92 Å². The fourth-order valence-electron chi connectivity index (χ4n) is 11.5. The normalized spacial score (nSPS) is 16.0. The average Bonchev–Trinajstić information content (AvgIpc) is 3.73. The summed E-state index contributed by atoms with van der Waals surface area (Å²) in [7, 11) is 0. The lowest BCUT2D eigenvalue weighted by atomic mass is 9.76. The second-order valence-electron chi connectivity index (χ2n) is 18.1. The Morgan fingerprint density at radius 1 is 0.516 bits per heavy atom. The fourth-order valence-corrected chi connectivity index (χ4v) is 11.5. The van der Waals surface area contributed by atoms with Crippen molar-refractivity contribution in [2.24, 2.45) is 5.92 Å². The van der Waals surface area contributed by atoms with E-state index >= 15 is 0 Å². The Bertz CT molecular complexity index is 3760. The monoisotopic (exact) mass is 818 g/mol. The van der Waals surface area contributed by atoms with Gasteiger partial charge in [-0.1, -0.05) is 163 Å². The summed E-state index contributed by atoms with van der Waals surface area (Å²) in [5, 5.41) is 12.8. The molecule has 0 amide bonds. The Morgan fingerprint density at radius 2 is 1.06 bits per heavy atom. The molecule has 2 nitrogen and oxygen atoms in total. The molecule has 1 atom stereocenters. The smallest absolute Gasteiger partial charge is 0.146 e. The van der Waals surface area contributed by atoms with Crippen LogP contribution in [-0.2, 0) is 0 Å². The Hall–Kier alpha value is -7.55. The van der Waals surface area contributed by atoms with Crippen molar-refractivity contribution in [1.82, 2.24) is 9.55 Å². The molecule has 64 heavy (non-hydrogen) atoms. The number of aromatic nitrogens is 2. The van der Waals surface area contributed by atoms with E-state index in [9.17, 15) is 0 Å². The highest BCUT2D eigenvalue weighted by atomic mass is 15.1. The second-order valence-corrected chi connectivity index (χ2v) is 18.1. The number of nitrogens with zero attached hydrogens (tertiary/aromatic N) is 2. The molecule has 0 radical (unpaired) electrons. The third-order valence-electron chi connectivity index (χ3n) is 14.3. The van der Waals surface area contributed by atoms with Crippen LogP contribution in [0.5, 0.6) is 0 Å². The molecule has 0 saturated heterocycles. The SMILES string of the molecule is CC1=CC=C2C=C(c3c4c(c(-c5ccc6cc(-c7c8ccccc8c(-c8nc9ccccc9n8-c8ccccc8)c8ccccc78)ccc6c5)c5ccccc35)=CCCC=4)CCC2C1. The van der Waals surface area contributed by atoms with Crippen LogP contribution in [0.2, 0.25) is 0 Å². The van der Waals surface area contributed by atoms with Gasteiger partial charge in [0.05, 0.1) is 11.0 Å². The second kappa shape index (κ2) is 14.8. The first-order valence-corrected chi connectivity index (χ1v) is 23.0. The molecule has 0 aliphatic heterocycles. The largest absolute Gasteiger partial charge is 0.292 e. The first-order valence-electron chi connectivity index (χ1n) is 23.0. The summed E-state index contributed by atoms with van der Waals surface area (Å²) in [6, 6.07) is 60.4. The third-order valence-corrected chi connectivity index (χ3v) is 14.3. The molecule has 0 fully saturated rings. The van der Waals surface area contributed by atoms with Crippen LogP contribution in [0.1, 0.15) is 44.6 Å². The van der Waals surface area contributed by atoms with Gasteiger partial charge < -0.3 is 0 Å². The number of hydrogen-bond donors (Lipinski definition) is 0. The summed E-state index contributed by atoms with van der Waals surface area (Å²) in [6.45, 7) is 2.28. The van der Waals surface area contributed by atoms with E-state index in [1.54, 1.807) is 0 Å². The maximum Gasteiger partial charge on any atom is 0.146 e. The molecule has 0 saturated carbocycles. The van der Waals surface area contributed by atoms with Crippen LogP contribution in [0.15, 0.2) is 193 Å². The first kappa shape index (κ1) is 37.0. The highest BCUT2D eigenvalue weighted by molar-refractivity contribution is 6.21. The van der Waals surface area contributed by atoms with Crippen molar-refractivity contribution in [2.45, 2.75) is 39.0 Å². The molecule has 2 heteroatoms. The molecule has 0 spiro atoms. The van der Waals surface area contributed by atoms with Gasteiger partial charge in [-0.2, -0.15) is 0 Å². The molecule has 9 aromatic carbocycles. The van der Waals surface area contributed by atoms with Gasteiger partial charge in [0, 0.05) is 11.3 Å². The zero-order valence-corrected chi connectivity index (χ0v) is 36.0. The quantitative estimate of drug-likeness (QED) is 0.158. The molecule has 1 unspecified atom stereocenters. The summed E-state index contributed by atoms with van der Waals surface area (Å²) >= 11 is 0. The molecule has 0 bridgehead atoms. The lowest BCUT2D eigenvalue weighted by Crippen LogP contribution is -2.33. The van der Waals surface area contributed by atoms with Crippen LogP contribution in [-0.4, -0.2) is 9.55 Å². The van der Waals surface area contributed by atoms with Crippen molar-refractivity contribution in [2.75, 3.05) is 0 Å². The van der Waals surface area contributed by atoms with E-state index in [0.717, 1.165) is 47.4 Å². The molecule has 304 valence electrons. The zero-order chi connectivity index (χ0) is 42.3. The highest BCUT2D eigenvalue weighted by Gasteiger charge is 2.26. The van der Waals surface area contributed by atoms with Gasteiger partial charge in [-0.3, -0.25) is 4.57 Å². The van der Waals surface area contributed by atoms with Crippen molar-refractivity contribution < 1.29 is 0 Å². The van der Waals surface area contributed by atoms with Crippen LogP contribution in [0.3, 0.4) is 0 Å². The predicted molar refractivity (Wildman–Crippen MR) is 272 cm³/mol. The standard InChI is InChI=1S/C62H46N2/c1-39-27-28-41-36-44(32-29-40(41)35-39)58-48-17-5-7-19-50(48)59(51-20-8-6-18-49(51)58)45-33-30-43-38-46(34-31-42(43)37-45)60-52-21-9-11-23-54(52)61(55-24-12-10-22-53(55)60)62-63-56-25-13-14-26-57(56)64(62)47-15-3-2-4-16-47/h2-5,7,9-28,30-31,33-34,36-38,40H,6,8,29,32,35H2,1H3. The minimum atomic E-state index is 0.650. The molecular weight excluding hydrogens is 773 g/mol. The number of benzene rings is 9. The minimum absolute atomic E-state index is 0.650. The van der Waals surface area contributed by atoms with E-state index < -0.39 is 0 Å². The van der Waals surface area contributed by atoms with E-state index in [-0.39, 0.29) is 0 Å². The molecule has 3 aliphatic carbocycles. The number of allylic oxidation sites excluding steroid dienone is 6. The molecule has 3 aliphatic rings. The Balaban J connectivity index is 0.978. The molecule has 1 heterocycles. The van der Waals surface area contributed by atoms with E-state index in [2.05, 4.69) is 206 Å². The van der Waals surface area contributed by atoms with E-state index in [4.69, 9.17) is 4.98 Å². The van der Waals surface area contributed by atoms with Crippen molar-refractivity contribution in [1.29, 1.82) is 0 Å². The van der Waals surface area contributed by atoms with Crippen molar-refractivity contribution in [3.05, 3.63) is 209 Å². The van der Waals surface area contributed by atoms with Gasteiger partial charge in [0.2, 0.25) is 0 Å². The van der Waals surface area contributed by atoms with Gasteiger partial charge in [0.15, 0.2) is 0 Å². The summed E-state index contributed by atoms with van der Waals surface area (Å²) < 4.78 is 2.33. The topological polar surface area (TPSA) is 17.8 Å². The molecule has 13 rings (SSSR count). The van der Waals surface area contributed by atoms with Gasteiger partial charge in [-0.25, -0.2) is 4.98 Å². The molecule has 0 N–H and O–H groups in total. The number of fused-ring (bicyclic) bond motifs is 7. The van der Waals surface area contributed by atoms with Crippen LogP contribution in [0, 0.1) is 5.92 Å². The summed E-state index contributed by atoms with van der Waals surface area (Å²) in [4.78, 5) is 5.38. The summed E-state index contributed by atoms with van der Waals surface area (Å²) in [5.74, 6) is 1.60. The number of hydrogen-bond acceptors (Lipinski definition) is 1. The van der Waals surface area contributed by atoms with Gasteiger partial charge in [-0.05, 0) is 174 Å². The third kappa shape index (κ3) is 5.82. The van der Waals surface area contributed by atoms with Gasteiger partial charge in [-0.15, -0.1) is 0 Å². The van der Waals surface area contributed by atoms with Crippen molar-refractivity contribution in [3.8, 4) is 39.3 Å². The van der Waals surface area contributed by atoms with Gasteiger partial charge in [0.1, 0.15) is 5.82 Å². The summed E-state index contributed by atoms with van der Waals surface area (Å²) in [5.41, 5.74) is 15.4. The maximum atomic E-state index is 5.38. The average molecular weight is 819 g/mol. The summed E-state index contributed by atoms with van der Waals surface area (Å²) in [6.07, 6.45) is 18.0. The molecule has 10 aromatic rings. The van der Waals surface area contributed by atoms with Crippen molar-refractivity contribution in [3.63, 3.8) is 0 Å². The molecule has 1 aromatic heterocycles. The maximum absolute atomic E-state index is 5.38. The van der Waals surface area contributed by atoms with Gasteiger partial charge in [0.25, 0.3) is 0 Å². The van der Waals surface area contributed by atoms with Gasteiger partial charge >= 0.3 is 0 Å².